The average Bonchev–Trinajstić information content (AvgIpc) is 3.72. The predicted octanol–water partition coefficient (Wildman–Crippen LogP) is 10.4. The number of hydrogen-bond acceptors (Lipinski definition) is 9. The first-order valence-corrected chi connectivity index (χ1v) is 16.8. The maximum atomic E-state index is 15.3. The van der Waals surface area contributed by atoms with Gasteiger partial charge in [0.25, 0.3) is 0 Å². The Morgan fingerprint density at radius 3 is 1.62 bits per heavy atom. The van der Waals surface area contributed by atoms with Crippen LogP contribution in [0.15, 0.2) is 109 Å². The number of tetrazole rings is 1. The second-order valence-corrected chi connectivity index (χ2v) is 12.4. The maximum Gasteiger partial charge on any atom is 0.222 e. The zero-order valence-electron chi connectivity index (χ0n) is 30.4. The van der Waals surface area contributed by atoms with E-state index in [0.717, 1.165) is 11.1 Å². The minimum absolute atomic E-state index is 0. The highest BCUT2D eigenvalue weighted by Gasteiger charge is 2.18. The summed E-state index contributed by atoms with van der Waals surface area (Å²) in [6, 6.07) is 30.0. The number of pyridine rings is 2. The Morgan fingerprint density at radius 2 is 1.23 bits per heavy atom. The number of H-pyrrole nitrogens is 1. The van der Waals surface area contributed by atoms with Crippen LogP contribution in [0.5, 0.6) is 11.5 Å². The van der Waals surface area contributed by atoms with Crippen LogP contribution < -0.4 is 15.6 Å². The van der Waals surface area contributed by atoms with Gasteiger partial charge in [-0.05, 0) is 87.1 Å². The summed E-state index contributed by atoms with van der Waals surface area (Å²) in [5.74, 6) is 0.607. The van der Waals surface area contributed by atoms with Crippen molar-refractivity contribution in [2.24, 2.45) is 0 Å². The summed E-state index contributed by atoms with van der Waals surface area (Å²) in [5, 5.41) is 23.6. The molecule has 0 aliphatic carbocycles. The van der Waals surface area contributed by atoms with E-state index in [1.165, 1.54) is 14.2 Å². The third-order valence-electron chi connectivity index (χ3n) is 8.16. The van der Waals surface area contributed by atoms with Gasteiger partial charge in [0.05, 0.1) is 25.3 Å². The number of hydrogen-bond donors (Lipinski definition) is 2. The number of rotatable bonds is 9. The summed E-state index contributed by atoms with van der Waals surface area (Å²) in [4.78, 5) is 8.35. The summed E-state index contributed by atoms with van der Waals surface area (Å²) in [6.07, 6.45) is 4.00. The summed E-state index contributed by atoms with van der Waals surface area (Å²) < 4.78 is 41.2. The van der Waals surface area contributed by atoms with Gasteiger partial charge in [0.1, 0.15) is 40.6 Å². The number of benzene rings is 4. The second-order valence-electron chi connectivity index (χ2n) is 11.6. The molecular formula is C41H36Cl3F2N8O2-. The Labute approximate surface area is 339 Å². The molecule has 0 saturated heterocycles. The van der Waals surface area contributed by atoms with Crippen LogP contribution in [0.25, 0.3) is 33.8 Å². The molecule has 0 aliphatic heterocycles. The molecule has 0 amide bonds. The Hall–Kier alpha value is -5.97. The van der Waals surface area contributed by atoms with Gasteiger partial charge in [-0.2, -0.15) is 10.5 Å². The lowest BCUT2D eigenvalue weighted by atomic mass is 9.97. The lowest BCUT2D eigenvalue weighted by Crippen LogP contribution is -1.99. The minimum atomic E-state index is -0.356. The van der Waals surface area contributed by atoms with Crippen LogP contribution in [0.3, 0.4) is 0 Å². The lowest BCUT2D eigenvalue weighted by Gasteiger charge is -2.14. The zero-order chi connectivity index (χ0) is 37.3. The van der Waals surface area contributed by atoms with Crippen molar-refractivity contribution < 1.29 is 18.3 Å². The number of nitriles is 1. The largest absolute Gasteiger partial charge is 0.496 e. The molecule has 0 unspecified atom stereocenters. The Bertz CT molecular complexity index is 2390. The molecule has 0 spiro atoms. The van der Waals surface area contributed by atoms with Crippen molar-refractivity contribution in [2.45, 2.75) is 12.8 Å². The summed E-state index contributed by atoms with van der Waals surface area (Å²) in [7, 11) is 3.02. The van der Waals surface area contributed by atoms with Crippen LogP contribution in [0, 0.1) is 30.4 Å². The number of nitrogens with one attached hydrogen (secondary N) is 1. The molecular weight excluding hydrogens is 781 g/mol. The fourth-order valence-electron chi connectivity index (χ4n) is 5.61. The van der Waals surface area contributed by atoms with Crippen molar-refractivity contribution in [2.75, 3.05) is 14.2 Å². The fourth-order valence-corrected chi connectivity index (χ4v) is 5.99. The quantitative estimate of drug-likeness (QED) is 0.135. The third kappa shape index (κ3) is 10.4. The average molecular weight is 817 g/mol. The smallest absolute Gasteiger partial charge is 0.222 e. The second kappa shape index (κ2) is 20.6. The van der Waals surface area contributed by atoms with Gasteiger partial charge in [-0.3, -0.25) is 4.98 Å². The van der Waals surface area contributed by atoms with E-state index in [4.69, 9.17) is 37.9 Å². The number of halogens is 5. The van der Waals surface area contributed by atoms with Gasteiger partial charge in [0.2, 0.25) is 5.82 Å². The van der Waals surface area contributed by atoms with Crippen molar-refractivity contribution in [1.82, 2.24) is 36.7 Å². The highest BCUT2D eigenvalue weighted by atomic mass is 35.5. The Kier molecular flexibility index (Phi) is 16.4. The molecule has 7 rings (SSSR count). The van der Waals surface area contributed by atoms with E-state index in [1.807, 2.05) is 12.1 Å². The zero-order valence-corrected chi connectivity index (χ0v) is 32.8. The highest BCUT2D eigenvalue weighted by molar-refractivity contribution is 6.31. The predicted molar refractivity (Wildman–Crippen MR) is 217 cm³/mol. The lowest BCUT2D eigenvalue weighted by molar-refractivity contribution is 0.413. The highest BCUT2D eigenvalue weighted by Crippen LogP contribution is 2.37. The monoisotopic (exact) mass is 815 g/mol. The first kappa shape index (κ1) is 44.4. The molecule has 0 radical (unpaired) electrons. The van der Waals surface area contributed by atoms with E-state index in [2.05, 4.69) is 30.6 Å². The molecule has 3 aromatic heterocycles. The Balaban J connectivity index is 0.000000287. The van der Waals surface area contributed by atoms with Crippen LogP contribution in [0.1, 0.15) is 27.9 Å². The van der Waals surface area contributed by atoms with Gasteiger partial charge in [-0.15, -0.1) is 22.6 Å². The van der Waals surface area contributed by atoms with E-state index < -0.39 is 0 Å². The standard InChI is InChI=1S/C20H15ClFN5O.C20H14ClFN2O.CH3.ClH.H3N/c1-28-17-8-6-14(19(22)18(17)13-3-2-4-15(21)10-13)9-12-5-7-16(23-11-12)20-24-26-27-25-20;1-25-18-8-6-15(9-13-5-7-17(11-23)24-12-13)20(22)19(18)14-3-2-4-16(21)10-14;;;/h2-8,10-11H,9H2,1H3,(H,24,25,26,27);2-8,10,12H,9H2,1H3;1H3;1H;1H3/q;;-1;;. The van der Waals surface area contributed by atoms with Crippen molar-refractivity contribution in [3.05, 3.63) is 167 Å². The van der Waals surface area contributed by atoms with E-state index in [9.17, 15) is 0 Å². The van der Waals surface area contributed by atoms with Crippen LogP contribution in [0.2, 0.25) is 10.0 Å². The van der Waals surface area contributed by atoms with Crippen molar-refractivity contribution in [3.63, 3.8) is 0 Å². The van der Waals surface area contributed by atoms with Crippen LogP contribution >= 0.6 is 35.6 Å². The molecule has 4 N–H and O–H groups in total. The number of methoxy groups -OCH3 is 2. The molecule has 7 aromatic rings. The van der Waals surface area contributed by atoms with Gasteiger partial charge in [-0.1, -0.05) is 71.7 Å². The van der Waals surface area contributed by atoms with E-state index in [-0.39, 0.29) is 37.6 Å². The molecule has 10 nitrogen and oxygen atoms in total. The first-order valence-electron chi connectivity index (χ1n) is 16.0. The normalized spacial score (nSPS) is 10.0. The molecule has 0 bridgehead atoms. The van der Waals surface area contributed by atoms with E-state index in [0.29, 0.717) is 85.0 Å². The topological polar surface area (TPSA) is 157 Å². The number of aromatic nitrogens is 6. The summed E-state index contributed by atoms with van der Waals surface area (Å²) in [5.41, 5.74) is 5.73. The van der Waals surface area contributed by atoms with Gasteiger partial charge in [0, 0.05) is 35.3 Å². The minimum Gasteiger partial charge on any atom is -0.496 e. The summed E-state index contributed by atoms with van der Waals surface area (Å²) in [6.45, 7) is 0. The third-order valence-corrected chi connectivity index (χ3v) is 8.63. The van der Waals surface area contributed by atoms with Crippen LogP contribution in [-0.4, -0.2) is 44.8 Å². The molecule has 0 atom stereocenters. The fraction of sp³-hybridized carbons (Fsp3) is 0.0976. The van der Waals surface area contributed by atoms with Crippen LogP contribution in [-0.2, 0) is 12.8 Å². The molecule has 3 heterocycles. The molecule has 15 heteroatoms. The molecule has 0 aliphatic rings. The van der Waals surface area contributed by atoms with Crippen LogP contribution in [0.4, 0.5) is 8.78 Å². The SMILES string of the molecule is COc1ccc(Cc2ccc(-c3nn[nH]n3)nc2)c(F)c1-c1cccc(Cl)c1.COc1ccc(Cc2ccc(C#N)nc2)c(F)c1-c1cccc(Cl)c1.Cl.N.[CH3-]. The van der Waals surface area contributed by atoms with Gasteiger partial charge in [-0.25, -0.2) is 13.8 Å². The van der Waals surface area contributed by atoms with Gasteiger partial charge >= 0.3 is 0 Å². The number of nitrogens with zero attached hydrogens (tertiary/aromatic N) is 6. The molecule has 288 valence electrons. The maximum absolute atomic E-state index is 15.3. The van der Waals surface area contributed by atoms with Gasteiger partial charge in [0.15, 0.2) is 0 Å². The molecule has 56 heavy (non-hydrogen) atoms. The van der Waals surface area contributed by atoms with Crippen molar-refractivity contribution >= 4 is 35.6 Å². The molecule has 0 saturated carbocycles. The van der Waals surface area contributed by atoms with Crippen molar-refractivity contribution in [1.29, 1.82) is 5.26 Å². The van der Waals surface area contributed by atoms with E-state index in [1.54, 1.807) is 103 Å². The Morgan fingerprint density at radius 1 is 0.714 bits per heavy atom. The molecule has 4 aromatic carbocycles. The number of ether oxygens (including phenoxy) is 2. The molecule has 0 fully saturated rings. The summed E-state index contributed by atoms with van der Waals surface area (Å²) >= 11 is 12.1. The van der Waals surface area contributed by atoms with Gasteiger partial charge < -0.3 is 23.1 Å². The number of aromatic amines is 1. The first-order chi connectivity index (χ1) is 25.8. The van der Waals surface area contributed by atoms with E-state index >= 15 is 8.78 Å². The van der Waals surface area contributed by atoms with Crippen molar-refractivity contribution in [3.8, 4) is 51.3 Å².